The van der Waals surface area contributed by atoms with Crippen LogP contribution in [0.1, 0.15) is 32.1 Å². The van der Waals surface area contributed by atoms with Crippen LogP contribution in [0.5, 0.6) is 0 Å². The molecule has 124 valence electrons. The van der Waals surface area contributed by atoms with Gasteiger partial charge in [0.05, 0.1) is 13.0 Å². The predicted molar refractivity (Wildman–Crippen MR) is 82.1 cm³/mol. The van der Waals surface area contributed by atoms with Crippen LogP contribution in [0, 0.1) is 5.92 Å². The molecule has 22 heavy (non-hydrogen) atoms. The summed E-state index contributed by atoms with van der Waals surface area (Å²) in [6.07, 6.45) is 4.16. The minimum atomic E-state index is 0.153. The second-order valence-electron chi connectivity index (χ2n) is 6.78. The summed E-state index contributed by atoms with van der Waals surface area (Å²) in [6.45, 7) is 4.63. The lowest BCUT2D eigenvalue weighted by Crippen LogP contribution is -2.51. The summed E-state index contributed by atoms with van der Waals surface area (Å²) < 4.78 is 5.41. The number of hydrogen-bond donors (Lipinski definition) is 0. The van der Waals surface area contributed by atoms with Crippen LogP contribution in [0.15, 0.2) is 0 Å². The molecule has 0 aromatic rings. The highest BCUT2D eigenvalue weighted by Crippen LogP contribution is 2.30. The van der Waals surface area contributed by atoms with E-state index in [4.69, 9.17) is 4.74 Å². The van der Waals surface area contributed by atoms with E-state index >= 15 is 0 Å². The zero-order valence-electron chi connectivity index (χ0n) is 13.5. The van der Waals surface area contributed by atoms with E-state index in [1.807, 2.05) is 9.80 Å². The summed E-state index contributed by atoms with van der Waals surface area (Å²) in [4.78, 5) is 30.7. The molecule has 2 amide bonds. The summed E-state index contributed by atoms with van der Waals surface area (Å²) in [5.41, 5.74) is 0. The number of likely N-dealkylation sites (N-methyl/N-ethyl adjacent to an activating group) is 1. The molecule has 1 saturated carbocycles. The van der Waals surface area contributed by atoms with Gasteiger partial charge in [0.15, 0.2) is 0 Å². The van der Waals surface area contributed by atoms with Crippen molar-refractivity contribution >= 4 is 11.8 Å². The molecule has 0 aromatic heterocycles. The molecular weight excluding hydrogens is 282 g/mol. The fraction of sp³-hybridized carbons (Fsp3) is 0.875. The van der Waals surface area contributed by atoms with Gasteiger partial charge in [0.1, 0.15) is 6.73 Å². The number of carbonyl (C=O) groups excluding carboxylic acids is 2. The van der Waals surface area contributed by atoms with Crippen molar-refractivity contribution in [2.24, 2.45) is 5.92 Å². The lowest BCUT2D eigenvalue weighted by Gasteiger charge is -2.40. The van der Waals surface area contributed by atoms with Crippen molar-refractivity contribution in [3.63, 3.8) is 0 Å². The molecule has 2 heterocycles. The molecule has 3 rings (SSSR count). The van der Waals surface area contributed by atoms with E-state index < -0.39 is 0 Å². The van der Waals surface area contributed by atoms with Crippen molar-refractivity contribution in [1.82, 2.24) is 14.7 Å². The number of rotatable bonds is 2. The largest absolute Gasteiger partial charge is 0.360 e. The second-order valence-corrected chi connectivity index (χ2v) is 6.78. The van der Waals surface area contributed by atoms with E-state index in [2.05, 4.69) is 11.9 Å². The van der Waals surface area contributed by atoms with Crippen molar-refractivity contribution in [1.29, 1.82) is 0 Å². The second kappa shape index (κ2) is 6.96. The molecule has 3 aliphatic rings. The van der Waals surface area contributed by atoms with Gasteiger partial charge in [-0.15, -0.1) is 0 Å². The molecule has 0 atom stereocenters. The van der Waals surface area contributed by atoms with Gasteiger partial charge in [-0.2, -0.15) is 0 Å². The Labute approximate surface area is 132 Å². The summed E-state index contributed by atoms with van der Waals surface area (Å²) in [7, 11) is 2.10. The molecule has 0 aromatic carbocycles. The van der Waals surface area contributed by atoms with Crippen LogP contribution in [0.2, 0.25) is 0 Å². The van der Waals surface area contributed by atoms with E-state index in [-0.39, 0.29) is 17.9 Å². The van der Waals surface area contributed by atoms with Crippen LogP contribution in [0.25, 0.3) is 0 Å². The van der Waals surface area contributed by atoms with E-state index in [0.29, 0.717) is 25.7 Å². The first-order valence-electron chi connectivity index (χ1n) is 8.49. The van der Waals surface area contributed by atoms with Gasteiger partial charge in [-0.1, -0.05) is 0 Å². The molecule has 0 spiro atoms. The first kappa shape index (κ1) is 15.7. The maximum atomic E-state index is 12.6. The molecular formula is C16H27N3O3. The smallest absolute Gasteiger partial charge is 0.226 e. The first-order chi connectivity index (χ1) is 10.6. The number of hydrogen-bond acceptors (Lipinski definition) is 4. The van der Waals surface area contributed by atoms with E-state index in [0.717, 1.165) is 51.9 Å². The standard InChI is InChI=1S/C16H27N3O3/c1-17-7-9-18(10-8-17)16(21)13-2-4-14(5-3-13)19-12-22-11-6-15(19)20/h13-14H,2-12H2,1H3. The van der Waals surface area contributed by atoms with Gasteiger partial charge in [-0.25, -0.2) is 0 Å². The quantitative estimate of drug-likeness (QED) is 0.746. The van der Waals surface area contributed by atoms with E-state index in [9.17, 15) is 9.59 Å². The molecule has 2 aliphatic heterocycles. The molecule has 0 radical (unpaired) electrons. The minimum Gasteiger partial charge on any atom is -0.360 e. The average Bonchev–Trinajstić information content (AvgIpc) is 2.56. The monoisotopic (exact) mass is 309 g/mol. The van der Waals surface area contributed by atoms with Gasteiger partial charge in [-0.05, 0) is 32.7 Å². The Kier molecular flexibility index (Phi) is 4.98. The summed E-state index contributed by atoms with van der Waals surface area (Å²) >= 11 is 0. The number of amides is 2. The summed E-state index contributed by atoms with van der Waals surface area (Å²) in [5.74, 6) is 0.688. The number of ether oxygens (including phenoxy) is 1. The lowest BCUT2D eigenvalue weighted by molar-refractivity contribution is -0.151. The molecule has 2 saturated heterocycles. The molecule has 6 heteroatoms. The van der Waals surface area contributed by atoms with Crippen LogP contribution < -0.4 is 0 Å². The first-order valence-corrected chi connectivity index (χ1v) is 8.49. The van der Waals surface area contributed by atoms with Crippen LogP contribution in [-0.4, -0.2) is 79.1 Å². The predicted octanol–water partition coefficient (Wildman–Crippen LogP) is 0.526. The number of carbonyl (C=O) groups is 2. The van der Waals surface area contributed by atoms with Crippen molar-refractivity contribution in [3.05, 3.63) is 0 Å². The Balaban J connectivity index is 1.49. The lowest BCUT2D eigenvalue weighted by atomic mass is 9.84. The maximum absolute atomic E-state index is 12.6. The number of nitrogens with zero attached hydrogens (tertiary/aromatic N) is 3. The van der Waals surface area contributed by atoms with Gasteiger partial charge in [0.2, 0.25) is 11.8 Å². The SMILES string of the molecule is CN1CCN(C(=O)C2CCC(N3COCCC3=O)CC2)CC1. The Morgan fingerprint density at radius 1 is 1.09 bits per heavy atom. The molecule has 0 bridgehead atoms. The Morgan fingerprint density at radius 2 is 1.77 bits per heavy atom. The van der Waals surface area contributed by atoms with Crippen LogP contribution in [-0.2, 0) is 14.3 Å². The van der Waals surface area contributed by atoms with Crippen molar-refractivity contribution < 1.29 is 14.3 Å². The summed E-state index contributed by atoms with van der Waals surface area (Å²) in [6, 6.07) is 0.268. The average molecular weight is 309 g/mol. The fourth-order valence-corrected chi connectivity index (χ4v) is 3.77. The topological polar surface area (TPSA) is 53.1 Å². The van der Waals surface area contributed by atoms with E-state index in [1.54, 1.807) is 0 Å². The Bertz CT molecular complexity index is 413. The Hall–Kier alpha value is -1.14. The fourth-order valence-electron chi connectivity index (χ4n) is 3.77. The van der Waals surface area contributed by atoms with Crippen LogP contribution >= 0.6 is 0 Å². The normalized spacial score (nSPS) is 31.4. The third kappa shape index (κ3) is 3.43. The minimum absolute atomic E-state index is 0.153. The zero-order valence-corrected chi connectivity index (χ0v) is 13.5. The van der Waals surface area contributed by atoms with Crippen LogP contribution in [0.4, 0.5) is 0 Å². The van der Waals surface area contributed by atoms with Crippen molar-refractivity contribution in [2.45, 2.75) is 38.1 Å². The zero-order chi connectivity index (χ0) is 15.5. The molecule has 0 unspecified atom stereocenters. The van der Waals surface area contributed by atoms with Gasteiger partial charge in [0.25, 0.3) is 0 Å². The van der Waals surface area contributed by atoms with Gasteiger partial charge in [0, 0.05) is 38.1 Å². The Morgan fingerprint density at radius 3 is 2.41 bits per heavy atom. The van der Waals surface area contributed by atoms with Gasteiger partial charge >= 0.3 is 0 Å². The highest BCUT2D eigenvalue weighted by Gasteiger charge is 2.34. The van der Waals surface area contributed by atoms with Crippen molar-refractivity contribution in [2.75, 3.05) is 46.6 Å². The maximum Gasteiger partial charge on any atom is 0.226 e. The van der Waals surface area contributed by atoms with E-state index in [1.165, 1.54) is 0 Å². The third-order valence-corrected chi connectivity index (χ3v) is 5.31. The number of piperazine rings is 1. The van der Waals surface area contributed by atoms with Gasteiger partial charge < -0.3 is 19.4 Å². The van der Waals surface area contributed by atoms with Crippen molar-refractivity contribution in [3.8, 4) is 0 Å². The molecule has 0 N–H and O–H groups in total. The third-order valence-electron chi connectivity index (χ3n) is 5.31. The van der Waals surface area contributed by atoms with Gasteiger partial charge in [-0.3, -0.25) is 9.59 Å². The molecule has 6 nitrogen and oxygen atoms in total. The molecule has 3 fully saturated rings. The highest BCUT2D eigenvalue weighted by molar-refractivity contribution is 5.79. The molecule has 1 aliphatic carbocycles. The van der Waals surface area contributed by atoms with Crippen LogP contribution in [0.3, 0.4) is 0 Å². The summed E-state index contributed by atoms with van der Waals surface area (Å²) in [5, 5.41) is 0. The highest BCUT2D eigenvalue weighted by atomic mass is 16.5.